The lowest BCUT2D eigenvalue weighted by Gasteiger charge is -2.03. The summed E-state index contributed by atoms with van der Waals surface area (Å²) in [5.74, 6) is 0. The molecule has 7 heteroatoms. The number of benzene rings is 2. The highest BCUT2D eigenvalue weighted by Gasteiger charge is 2.13. The Kier molecular flexibility index (Phi) is 5.21. The van der Waals surface area contributed by atoms with E-state index >= 15 is 0 Å². The van der Waals surface area contributed by atoms with Crippen molar-refractivity contribution < 1.29 is 4.42 Å². The molecule has 0 bridgehead atoms. The molecule has 3 heterocycles. The minimum atomic E-state index is 0.488. The molecule has 5 rings (SSSR count). The van der Waals surface area contributed by atoms with Crippen LogP contribution in [0.2, 0.25) is 5.02 Å². The van der Waals surface area contributed by atoms with Crippen molar-refractivity contribution in [3.05, 3.63) is 81.6 Å². The lowest BCUT2D eigenvalue weighted by Crippen LogP contribution is -2.05. The number of aromatic nitrogens is 2. The number of nitrogens with zero attached hydrogens (tertiary/aromatic N) is 3. The second-order valence-electron chi connectivity index (χ2n) is 6.66. The van der Waals surface area contributed by atoms with E-state index in [-0.39, 0.29) is 0 Å². The molecule has 0 amide bonds. The summed E-state index contributed by atoms with van der Waals surface area (Å²) in [4.78, 5) is 13.8. The molecule has 2 aromatic carbocycles. The number of aryl methyl sites for hydroxylation is 1. The normalized spacial score (nSPS) is 12.0. The van der Waals surface area contributed by atoms with Crippen molar-refractivity contribution in [2.45, 2.75) is 13.3 Å². The standard InChI is InChI=1S/C23H16ClN3OS2/c1-2-14-3-5-15(6-4-14)19-13-30-22(26-19)18-12-16-11-17(24)7-8-20(16)28-21(18)27-23-25-9-10-29-23/h3-13H,2H2,1H3/b27-21-. The third-order valence-electron chi connectivity index (χ3n) is 4.72. The molecule has 148 valence electrons. The van der Waals surface area contributed by atoms with Crippen molar-refractivity contribution in [2.24, 2.45) is 4.99 Å². The predicted molar refractivity (Wildman–Crippen MR) is 124 cm³/mol. The van der Waals surface area contributed by atoms with Gasteiger partial charge in [-0.25, -0.2) is 9.97 Å². The molecule has 0 spiro atoms. The number of hydrogen-bond acceptors (Lipinski definition) is 6. The third kappa shape index (κ3) is 3.81. The van der Waals surface area contributed by atoms with Gasteiger partial charge in [-0.2, -0.15) is 4.99 Å². The van der Waals surface area contributed by atoms with Gasteiger partial charge in [-0.1, -0.05) is 42.8 Å². The molecule has 0 radical (unpaired) electrons. The Morgan fingerprint density at radius 3 is 2.70 bits per heavy atom. The van der Waals surface area contributed by atoms with Crippen molar-refractivity contribution in [2.75, 3.05) is 0 Å². The first-order valence-electron chi connectivity index (χ1n) is 9.42. The highest BCUT2D eigenvalue weighted by Crippen LogP contribution is 2.30. The molecule has 0 unspecified atom stereocenters. The zero-order valence-electron chi connectivity index (χ0n) is 16.0. The van der Waals surface area contributed by atoms with E-state index in [2.05, 4.69) is 46.5 Å². The maximum Gasteiger partial charge on any atom is 0.232 e. The first-order valence-corrected chi connectivity index (χ1v) is 11.6. The summed E-state index contributed by atoms with van der Waals surface area (Å²) in [6.07, 6.45) is 2.75. The van der Waals surface area contributed by atoms with E-state index in [1.165, 1.54) is 16.9 Å². The van der Waals surface area contributed by atoms with Crippen LogP contribution in [0.1, 0.15) is 12.5 Å². The van der Waals surface area contributed by atoms with E-state index in [4.69, 9.17) is 21.0 Å². The van der Waals surface area contributed by atoms with Crippen molar-refractivity contribution in [1.82, 2.24) is 9.97 Å². The van der Waals surface area contributed by atoms with Crippen LogP contribution in [0.3, 0.4) is 0 Å². The lowest BCUT2D eigenvalue weighted by molar-refractivity contribution is 0.547. The fourth-order valence-electron chi connectivity index (χ4n) is 3.14. The van der Waals surface area contributed by atoms with E-state index in [1.54, 1.807) is 17.5 Å². The minimum Gasteiger partial charge on any atom is -0.438 e. The Morgan fingerprint density at radius 1 is 1.07 bits per heavy atom. The summed E-state index contributed by atoms with van der Waals surface area (Å²) in [5, 5.41) is 6.99. The average molecular weight is 450 g/mol. The number of hydrogen-bond donors (Lipinski definition) is 0. The minimum absolute atomic E-state index is 0.488. The Labute approximate surface area is 186 Å². The van der Waals surface area contributed by atoms with Gasteiger partial charge in [0.15, 0.2) is 0 Å². The molecule has 4 nitrogen and oxygen atoms in total. The number of rotatable bonds is 4. The van der Waals surface area contributed by atoms with Crippen molar-refractivity contribution in [3.8, 4) is 21.8 Å². The largest absolute Gasteiger partial charge is 0.438 e. The van der Waals surface area contributed by atoms with Gasteiger partial charge < -0.3 is 4.42 Å². The Bertz CT molecular complexity index is 1390. The van der Waals surface area contributed by atoms with Crippen LogP contribution in [-0.4, -0.2) is 9.97 Å². The summed E-state index contributed by atoms with van der Waals surface area (Å²) in [6.45, 7) is 2.15. The van der Waals surface area contributed by atoms with Crippen LogP contribution in [0.4, 0.5) is 5.13 Å². The first-order chi connectivity index (χ1) is 14.7. The molecular weight excluding hydrogens is 434 g/mol. The Morgan fingerprint density at radius 2 is 1.93 bits per heavy atom. The van der Waals surface area contributed by atoms with Gasteiger partial charge in [0, 0.05) is 32.9 Å². The van der Waals surface area contributed by atoms with Gasteiger partial charge in [0.2, 0.25) is 10.7 Å². The molecule has 0 atom stereocenters. The molecule has 30 heavy (non-hydrogen) atoms. The first kappa shape index (κ1) is 19.2. The molecule has 0 fully saturated rings. The molecule has 0 saturated heterocycles. The van der Waals surface area contributed by atoms with Crippen LogP contribution < -0.4 is 5.55 Å². The molecule has 0 aliphatic carbocycles. The summed E-state index contributed by atoms with van der Waals surface area (Å²) in [5.41, 5.74) is 5.36. The SMILES string of the molecule is CCc1ccc(-c2csc(-c3cc4cc(Cl)ccc4o/c3=N\c3nccs3)n2)cc1. The van der Waals surface area contributed by atoms with Gasteiger partial charge in [0.25, 0.3) is 0 Å². The second kappa shape index (κ2) is 8.14. The number of fused-ring (bicyclic) bond motifs is 1. The summed E-state index contributed by atoms with van der Waals surface area (Å²) in [6, 6.07) is 16.1. The van der Waals surface area contributed by atoms with Crippen molar-refractivity contribution >= 4 is 50.4 Å². The van der Waals surface area contributed by atoms with E-state index in [9.17, 15) is 0 Å². The Hall–Kier alpha value is -2.80. The average Bonchev–Trinajstić information content (AvgIpc) is 3.46. The molecule has 0 aliphatic rings. The van der Waals surface area contributed by atoms with Gasteiger partial charge in [0.05, 0.1) is 11.3 Å². The zero-order valence-corrected chi connectivity index (χ0v) is 18.4. The topological polar surface area (TPSA) is 51.3 Å². The van der Waals surface area contributed by atoms with E-state index in [0.717, 1.165) is 33.6 Å². The highest BCUT2D eigenvalue weighted by molar-refractivity contribution is 7.13. The van der Waals surface area contributed by atoms with Gasteiger partial charge in [0.1, 0.15) is 10.6 Å². The quantitative estimate of drug-likeness (QED) is 0.293. The van der Waals surface area contributed by atoms with Gasteiger partial charge in [-0.15, -0.1) is 22.7 Å². The van der Waals surface area contributed by atoms with E-state index in [0.29, 0.717) is 21.3 Å². The predicted octanol–water partition coefficient (Wildman–Crippen LogP) is 7.13. The molecule has 0 saturated carbocycles. The number of thiazole rings is 2. The fourth-order valence-corrected chi connectivity index (χ4v) is 4.65. The van der Waals surface area contributed by atoms with Crippen LogP contribution in [0.5, 0.6) is 0 Å². The van der Waals surface area contributed by atoms with Crippen LogP contribution in [-0.2, 0) is 6.42 Å². The smallest absolute Gasteiger partial charge is 0.232 e. The summed E-state index contributed by atoms with van der Waals surface area (Å²) < 4.78 is 6.13. The van der Waals surface area contributed by atoms with Crippen molar-refractivity contribution in [3.63, 3.8) is 0 Å². The van der Waals surface area contributed by atoms with E-state index < -0.39 is 0 Å². The lowest BCUT2D eigenvalue weighted by atomic mass is 10.1. The summed E-state index contributed by atoms with van der Waals surface area (Å²) >= 11 is 9.22. The second-order valence-corrected chi connectivity index (χ2v) is 8.83. The monoisotopic (exact) mass is 449 g/mol. The van der Waals surface area contributed by atoms with Crippen LogP contribution in [0.25, 0.3) is 32.8 Å². The molecule has 0 aliphatic heterocycles. The highest BCUT2D eigenvalue weighted by atomic mass is 35.5. The van der Waals surface area contributed by atoms with Gasteiger partial charge >= 0.3 is 0 Å². The molecule has 0 N–H and O–H groups in total. The maximum absolute atomic E-state index is 6.19. The van der Waals surface area contributed by atoms with Crippen LogP contribution in [0, 0.1) is 0 Å². The van der Waals surface area contributed by atoms with Gasteiger partial charge in [-0.3, -0.25) is 0 Å². The van der Waals surface area contributed by atoms with Crippen LogP contribution >= 0.6 is 34.3 Å². The number of halogens is 1. The van der Waals surface area contributed by atoms with Gasteiger partial charge in [-0.05, 0) is 36.2 Å². The third-order valence-corrected chi connectivity index (χ3v) is 6.49. The van der Waals surface area contributed by atoms with Crippen LogP contribution in [0.15, 0.2) is 74.9 Å². The van der Waals surface area contributed by atoms with E-state index in [1.807, 2.05) is 29.6 Å². The molecular formula is C23H16ClN3OS2. The maximum atomic E-state index is 6.19. The van der Waals surface area contributed by atoms with Crippen molar-refractivity contribution in [1.29, 1.82) is 0 Å². The zero-order chi connectivity index (χ0) is 20.5. The molecule has 3 aromatic heterocycles. The fraction of sp³-hybridized carbons (Fsp3) is 0.0870. The summed E-state index contributed by atoms with van der Waals surface area (Å²) in [7, 11) is 0. The molecule has 5 aromatic rings. The Balaban J connectivity index is 1.66.